The molecule has 1 heterocycles. The van der Waals surface area contributed by atoms with Crippen molar-refractivity contribution in [3.63, 3.8) is 0 Å². The molecule has 1 aromatic carbocycles. The van der Waals surface area contributed by atoms with Gasteiger partial charge in [-0.1, -0.05) is 18.2 Å². The van der Waals surface area contributed by atoms with Crippen LogP contribution in [0.1, 0.15) is 19.4 Å². The number of benzene rings is 1. The van der Waals surface area contributed by atoms with E-state index in [1.54, 1.807) is 31.2 Å². The van der Waals surface area contributed by atoms with E-state index in [2.05, 4.69) is 4.99 Å². The van der Waals surface area contributed by atoms with Crippen molar-refractivity contribution in [3.8, 4) is 0 Å². The van der Waals surface area contributed by atoms with Crippen molar-refractivity contribution >= 4 is 17.8 Å². The number of hydrogen-bond acceptors (Lipinski definition) is 5. The zero-order valence-electron chi connectivity index (χ0n) is 10.2. The van der Waals surface area contributed by atoms with Gasteiger partial charge in [0.2, 0.25) is 5.90 Å². The van der Waals surface area contributed by atoms with Crippen LogP contribution in [-0.4, -0.2) is 30.0 Å². The van der Waals surface area contributed by atoms with E-state index in [1.165, 1.54) is 6.92 Å². The highest BCUT2D eigenvalue weighted by atomic mass is 16.6. The van der Waals surface area contributed by atoms with E-state index in [0.29, 0.717) is 5.56 Å². The Morgan fingerprint density at radius 2 is 2.06 bits per heavy atom. The largest absolute Gasteiger partial charge is 0.464 e. The van der Waals surface area contributed by atoms with Gasteiger partial charge in [-0.05, 0) is 26.0 Å². The van der Waals surface area contributed by atoms with E-state index >= 15 is 0 Å². The molecule has 0 aromatic heterocycles. The molecule has 0 aliphatic carbocycles. The topological polar surface area (TPSA) is 65.0 Å². The molecular weight excluding hydrogens is 234 g/mol. The Kier molecular flexibility index (Phi) is 3.14. The summed E-state index contributed by atoms with van der Waals surface area (Å²) in [4.78, 5) is 27.5. The second-order valence-corrected chi connectivity index (χ2v) is 3.97. The molecule has 2 rings (SSSR count). The van der Waals surface area contributed by atoms with Crippen LogP contribution in [0.2, 0.25) is 0 Å². The molecule has 0 N–H and O–H groups in total. The molecular formula is C13H13NO4. The van der Waals surface area contributed by atoms with Crippen molar-refractivity contribution in [2.24, 2.45) is 4.99 Å². The van der Waals surface area contributed by atoms with Crippen LogP contribution in [0.3, 0.4) is 0 Å². The SMILES string of the molecule is CCOC(=O)C1(C)N=C(c2ccccc2)OC1=O. The fraction of sp³-hybridized carbons (Fsp3) is 0.308. The molecule has 5 heteroatoms. The van der Waals surface area contributed by atoms with Crippen molar-refractivity contribution in [1.82, 2.24) is 0 Å². The van der Waals surface area contributed by atoms with Crippen LogP contribution in [0.4, 0.5) is 0 Å². The van der Waals surface area contributed by atoms with Gasteiger partial charge in [-0.2, -0.15) is 0 Å². The van der Waals surface area contributed by atoms with E-state index in [4.69, 9.17) is 9.47 Å². The number of hydrogen-bond donors (Lipinski definition) is 0. The quantitative estimate of drug-likeness (QED) is 0.596. The molecule has 94 valence electrons. The number of nitrogens with zero attached hydrogens (tertiary/aromatic N) is 1. The maximum Gasteiger partial charge on any atom is 0.352 e. The number of aliphatic imine (C=N–C) groups is 1. The smallest absolute Gasteiger partial charge is 0.352 e. The summed E-state index contributed by atoms with van der Waals surface area (Å²) in [5, 5.41) is 0. The van der Waals surface area contributed by atoms with Crippen LogP contribution in [0.25, 0.3) is 0 Å². The molecule has 0 amide bonds. The lowest BCUT2D eigenvalue weighted by atomic mass is 10.1. The third kappa shape index (κ3) is 1.99. The van der Waals surface area contributed by atoms with Crippen LogP contribution in [-0.2, 0) is 19.1 Å². The summed E-state index contributed by atoms with van der Waals surface area (Å²) in [6, 6.07) is 8.94. The normalized spacial score (nSPS) is 22.3. The second-order valence-electron chi connectivity index (χ2n) is 3.97. The second kappa shape index (κ2) is 4.60. The van der Waals surface area contributed by atoms with Crippen molar-refractivity contribution in [3.05, 3.63) is 35.9 Å². The summed E-state index contributed by atoms with van der Waals surface area (Å²) < 4.78 is 9.88. The Hall–Kier alpha value is -2.17. The van der Waals surface area contributed by atoms with Crippen LogP contribution >= 0.6 is 0 Å². The zero-order valence-corrected chi connectivity index (χ0v) is 10.2. The first-order valence-corrected chi connectivity index (χ1v) is 5.62. The molecule has 1 aliphatic rings. The summed E-state index contributed by atoms with van der Waals surface area (Å²) in [6.07, 6.45) is 0. The molecule has 1 unspecified atom stereocenters. The molecule has 0 fully saturated rings. The minimum Gasteiger partial charge on any atom is -0.464 e. The minimum atomic E-state index is -1.60. The first-order chi connectivity index (χ1) is 8.58. The molecule has 1 atom stereocenters. The Labute approximate surface area is 104 Å². The summed E-state index contributed by atoms with van der Waals surface area (Å²) in [5.41, 5.74) is -0.944. The maximum atomic E-state index is 11.8. The predicted octanol–water partition coefficient (Wildman–Crippen LogP) is 1.31. The molecule has 1 aliphatic heterocycles. The van der Waals surface area contributed by atoms with Gasteiger partial charge in [0, 0.05) is 5.56 Å². The lowest BCUT2D eigenvalue weighted by Gasteiger charge is -2.13. The highest BCUT2D eigenvalue weighted by molar-refractivity contribution is 6.16. The van der Waals surface area contributed by atoms with Gasteiger partial charge in [-0.15, -0.1) is 0 Å². The van der Waals surface area contributed by atoms with E-state index in [-0.39, 0.29) is 12.5 Å². The van der Waals surface area contributed by atoms with Gasteiger partial charge in [0.05, 0.1) is 6.61 Å². The summed E-state index contributed by atoms with van der Waals surface area (Å²) in [5.74, 6) is -1.25. The van der Waals surface area contributed by atoms with Crippen molar-refractivity contribution in [1.29, 1.82) is 0 Å². The lowest BCUT2D eigenvalue weighted by Crippen LogP contribution is -2.40. The number of rotatable bonds is 3. The Morgan fingerprint density at radius 1 is 1.39 bits per heavy atom. The number of esters is 2. The summed E-state index contributed by atoms with van der Waals surface area (Å²) in [7, 11) is 0. The van der Waals surface area contributed by atoms with Gasteiger partial charge >= 0.3 is 11.9 Å². The summed E-state index contributed by atoms with van der Waals surface area (Å²) in [6.45, 7) is 3.25. The van der Waals surface area contributed by atoms with Crippen LogP contribution in [0.5, 0.6) is 0 Å². The van der Waals surface area contributed by atoms with Crippen LogP contribution < -0.4 is 0 Å². The van der Waals surface area contributed by atoms with Gasteiger partial charge in [0.25, 0.3) is 5.54 Å². The van der Waals surface area contributed by atoms with Crippen molar-refractivity contribution in [2.75, 3.05) is 6.61 Å². The molecule has 1 aromatic rings. The average Bonchev–Trinajstić information content (AvgIpc) is 2.69. The molecule has 0 spiro atoms. The highest BCUT2D eigenvalue weighted by Crippen LogP contribution is 2.24. The maximum absolute atomic E-state index is 11.8. The average molecular weight is 247 g/mol. The monoisotopic (exact) mass is 247 g/mol. The van der Waals surface area contributed by atoms with Gasteiger partial charge in [0.1, 0.15) is 0 Å². The van der Waals surface area contributed by atoms with E-state index in [1.807, 2.05) is 6.07 Å². The predicted molar refractivity (Wildman–Crippen MR) is 64.1 cm³/mol. The van der Waals surface area contributed by atoms with Crippen molar-refractivity contribution < 1.29 is 19.1 Å². The van der Waals surface area contributed by atoms with E-state index in [0.717, 1.165) is 0 Å². The van der Waals surface area contributed by atoms with Gasteiger partial charge < -0.3 is 9.47 Å². The summed E-state index contributed by atoms with van der Waals surface area (Å²) >= 11 is 0. The third-order valence-electron chi connectivity index (χ3n) is 2.61. The van der Waals surface area contributed by atoms with Crippen LogP contribution in [0.15, 0.2) is 35.3 Å². The molecule has 0 saturated heterocycles. The number of carbonyl (C=O) groups is 2. The molecule has 0 saturated carbocycles. The van der Waals surface area contributed by atoms with Crippen molar-refractivity contribution in [2.45, 2.75) is 19.4 Å². The highest BCUT2D eigenvalue weighted by Gasteiger charge is 2.50. The Balaban J connectivity index is 2.32. The standard InChI is InChI=1S/C13H13NO4/c1-3-17-11(15)13(2)12(16)18-10(14-13)9-7-5-4-6-8-9/h4-8H,3H2,1-2H3. The lowest BCUT2D eigenvalue weighted by molar-refractivity contribution is -0.156. The van der Waals surface area contributed by atoms with E-state index in [9.17, 15) is 9.59 Å². The Morgan fingerprint density at radius 3 is 2.67 bits per heavy atom. The number of cyclic esters (lactones) is 1. The Bertz CT molecular complexity index is 509. The molecule has 0 radical (unpaired) electrons. The molecule has 5 nitrogen and oxygen atoms in total. The fourth-order valence-electron chi connectivity index (χ4n) is 1.56. The third-order valence-corrected chi connectivity index (χ3v) is 2.61. The first kappa shape index (κ1) is 12.3. The van der Waals surface area contributed by atoms with Gasteiger partial charge in [-0.25, -0.2) is 14.6 Å². The minimum absolute atomic E-state index is 0.149. The van der Waals surface area contributed by atoms with E-state index < -0.39 is 17.5 Å². The first-order valence-electron chi connectivity index (χ1n) is 5.62. The number of carbonyl (C=O) groups excluding carboxylic acids is 2. The van der Waals surface area contributed by atoms with Gasteiger partial charge in [-0.3, -0.25) is 0 Å². The van der Waals surface area contributed by atoms with Gasteiger partial charge in [0.15, 0.2) is 0 Å². The fourth-order valence-corrected chi connectivity index (χ4v) is 1.56. The number of ether oxygens (including phenoxy) is 2. The molecule has 18 heavy (non-hydrogen) atoms. The zero-order chi connectivity index (χ0) is 13.2. The van der Waals surface area contributed by atoms with Crippen LogP contribution in [0, 0.1) is 0 Å². The molecule has 0 bridgehead atoms.